The van der Waals surface area contributed by atoms with E-state index < -0.39 is 0 Å². The summed E-state index contributed by atoms with van der Waals surface area (Å²) in [5.41, 5.74) is 2.28. The average Bonchev–Trinajstić information content (AvgIpc) is 3.26. The molecule has 1 heterocycles. The number of nitrogens with one attached hydrogen (secondary N) is 1. The largest absolute Gasteiger partial charge is 0.493 e. The second-order valence-electron chi connectivity index (χ2n) is 6.49. The highest BCUT2D eigenvalue weighted by Crippen LogP contribution is 2.39. The van der Waals surface area contributed by atoms with Crippen molar-refractivity contribution in [3.05, 3.63) is 59.9 Å². The maximum Gasteiger partial charge on any atom is 0.251 e. The summed E-state index contributed by atoms with van der Waals surface area (Å²) in [5, 5.41) is 3.89. The van der Waals surface area contributed by atoms with Crippen molar-refractivity contribution in [1.82, 2.24) is 14.9 Å². The fourth-order valence-corrected chi connectivity index (χ4v) is 3.68. The van der Waals surface area contributed by atoms with Crippen LogP contribution in [0.5, 0.6) is 17.2 Å². The highest BCUT2D eigenvalue weighted by Gasteiger charge is 2.18. The molecule has 0 aliphatic heterocycles. The van der Waals surface area contributed by atoms with Gasteiger partial charge in [-0.25, -0.2) is 4.98 Å². The van der Waals surface area contributed by atoms with Crippen molar-refractivity contribution in [3.8, 4) is 22.9 Å². The number of ether oxygens (including phenoxy) is 3. The standard InChI is InChI=1S/C22H25N3O4S/c1-14(16-12-18(27-2)20(29-4)19(13-16)28-3)24-21(26)15-7-6-8-17(11-15)25-10-9-23-22(25)30-5/h6-14H,1-5H3,(H,24,26)/t14-/m1/s1. The van der Waals surface area contributed by atoms with Crippen molar-refractivity contribution in [3.63, 3.8) is 0 Å². The van der Waals surface area contributed by atoms with E-state index in [0.29, 0.717) is 22.8 Å². The van der Waals surface area contributed by atoms with Gasteiger partial charge in [-0.3, -0.25) is 9.36 Å². The molecule has 3 rings (SSSR count). The molecule has 7 nitrogen and oxygen atoms in total. The number of thioether (sulfide) groups is 1. The first-order valence-electron chi connectivity index (χ1n) is 9.30. The van der Waals surface area contributed by atoms with E-state index in [1.54, 1.807) is 45.4 Å². The van der Waals surface area contributed by atoms with Gasteiger partial charge in [0.2, 0.25) is 5.75 Å². The normalized spacial score (nSPS) is 11.6. The van der Waals surface area contributed by atoms with Crippen LogP contribution < -0.4 is 19.5 Å². The van der Waals surface area contributed by atoms with Crippen molar-refractivity contribution in [1.29, 1.82) is 0 Å². The Bertz CT molecular complexity index is 1010. The molecule has 0 aliphatic carbocycles. The van der Waals surface area contributed by atoms with E-state index >= 15 is 0 Å². The zero-order valence-electron chi connectivity index (χ0n) is 17.6. The molecule has 0 radical (unpaired) electrons. The minimum absolute atomic E-state index is 0.177. The SMILES string of the molecule is COc1cc([C@@H](C)NC(=O)c2cccc(-n3ccnc3SC)c2)cc(OC)c1OC. The van der Waals surface area contributed by atoms with Crippen molar-refractivity contribution < 1.29 is 19.0 Å². The van der Waals surface area contributed by atoms with Gasteiger partial charge in [-0.15, -0.1) is 0 Å². The second kappa shape index (κ2) is 9.58. The van der Waals surface area contributed by atoms with Crippen molar-refractivity contribution >= 4 is 17.7 Å². The smallest absolute Gasteiger partial charge is 0.251 e. The van der Waals surface area contributed by atoms with Crippen molar-refractivity contribution in [2.75, 3.05) is 27.6 Å². The van der Waals surface area contributed by atoms with E-state index in [9.17, 15) is 4.79 Å². The van der Waals surface area contributed by atoms with Crippen LogP contribution >= 0.6 is 11.8 Å². The number of carbonyl (C=O) groups excluding carboxylic acids is 1. The predicted octanol–water partition coefficient (Wildman–Crippen LogP) is 4.11. The van der Waals surface area contributed by atoms with Gasteiger partial charge in [0, 0.05) is 23.6 Å². The topological polar surface area (TPSA) is 74.6 Å². The molecule has 158 valence electrons. The van der Waals surface area contributed by atoms with Crippen LogP contribution in [0.15, 0.2) is 53.9 Å². The first kappa shape index (κ1) is 21.6. The van der Waals surface area contributed by atoms with Crippen LogP contribution in [0.1, 0.15) is 28.9 Å². The molecule has 2 aromatic carbocycles. The van der Waals surface area contributed by atoms with Crippen molar-refractivity contribution in [2.45, 2.75) is 18.1 Å². The maximum atomic E-state index is 12.9. The maximum absolute atomic E-state index is 12.9. The van der Waals surface area contributed by atoms with E-state index in [4.69, 9.17) is 14.2 Å². The third-order valence-corrected chi connectivity index (χ3v) is 5.38. The van der Waals surface area contributed by atoms with Crippen LogP contribution in [-0.2, 0) is 0 Å². The molecule has 0 bridgehead atoms. The van der Waals surface area contributed by atoms with Gasteiger partial charge in [0.1, 0.15) is 0 Å². The fourth-order valence-electron chi connectivity index (χ4n) is 3.15. The number of hydrogen-bond acceptors (Lipinski definition) is 6. The molecule has 3 aromatic rings. The predicted molar refractivity (Wildman–Crippen MR) is 117 cm³/mol. The van der Waals surface area contributed by atoms with Gasteiger partial charge in [0.15, 0.2) is 16.7 Å². The summed E-state index contributed by atoms with van der Waals surface area (Å²) in [6.45, 7) is 1.91. The molecule has 1 atom stereocenters. The minimum Gasteiger partial charge on any atom is -0.493 e. The van der Waals surface area contributed by atoms with E-state index in [1.807, 2.05) is 54.3 Å². The molecular formula is C22H25N3O4S. The van der Waals surface area contributed by atoms with Crippen LogP contribution in [0, 0.1) is 0 Å². The Balaban J connectivity index is 1.84. The number of imidazole rings is 1. The van der Waals surface area contributed by atoms with E-state index in [2.05, 4.69) is 10.3 Å². The molecule has 0 saturated carbocycles. The summed E-state index contributed by atoms with van der Waals surface area (Å²) in [7, 11) is 4.69. The van der Waals surface area contributed by atoms with Gasteiger partial charge in [-0.05, 0) is 49.1 Å². The number of benzene rings is 2. The molecule has 0 saturated heterocycles. The number of amides is 1. The van der Waals surface area contributed by atoms with Gasteiger partial charge < -0.3 is 19.5 Å². The van der Waals surface area contributed by atoms with Gasteiger partial charge in [-0.1, -0.05) is 17.8 Å². The number of carbonyl (C=O) groups is 1. The lowest BCUT2D eigenvalue weighted by molar-refractivity contribution is 0.0939. The number of methoxy groups -OCH3 is 3. The molecular weight excluding hydrogens is 402 g/mol. The third kappa shape index (κ3) is 4.38. The van der Waals surface area contributed by atoms with E-state index in [1.165, 1.54) is 0 Å². The highest BCUT2D eigenvalue weighted by molar-refractivity contribution is 7.98. The lowest BCUT2D eigenvalue weighted by atomic mass is 10.1. The Kier molecular flexibility index (Phi) is 6.89. The Morgan fingerprint density at radius 2 is 1.80 bits per heavy atom. The van der Waals surface area contributed by atoms with Crippen LogP contribution in [-0.4, -0.2) is 43.0 Å². The lowest BCUT2D eigenvalue weighted by Crippen LogP contribution is -2.26. The average molecular weight is 428 g/mol. The molecule has 0 aliphatic rings. The molecule has 1 amide bonds. The molecule has 1 aromatic heterocycles. The van der Waals surface area contributed by atoms with Gasteiger partial charge in [0.25, 0.3) is 5.91 Å². The summed E-state index contributed by atoms with van der Waals surface area (Å²) in [5.74, 6) is 1.42. The second-order valence-corrected chi connectivity index (χ2v) is 7.26. The molecule has 0 fully saturated rings. The first-order chi connectivity index (χ1) is 14.5. The summed E-state index contributed by atoms with van der Waals surface area (Å²) < 4.78 is 18.1. The van der Waals surface area contributed by atoms with Crippen LogP contribution in [0.4, 0.5) is 0 Å². The van der Waals surface area contributed by atoms with Gasteiger partial charge in [0.05, 0.1) is 27.4 Å². The third-order valence-electron chi connectivity index (χ3n) is 4.71. The Morgan fingerprint density at radius 3 is 2.40 bits per heavy atom. The Hall–Kier alpha value is -3.13. The lowest BCUT2D eigenvalue weighted by Gasteiger charge is -2.19. The molecule has 0 unspecified atom stereocenters. The quantitative estimate of drug-likeness (QED) is 0.546. The van der Waals surface area contributed by atoms with Crippen molar-refractivity contribution in [2.24, 2.45) is 0 Å². The zero-order chi connectivity index (χ0) is 21.7. The molecule has 0 spiro atoms. The summed E-state index contributed by atoms with van der Waals surface area (Å²) >= 11 is 1.55. The van der Waals surface area contributed by atoms with E-state index in [0.717, 1.165) is 16.4 Å². The van der Waals surface area contributed by atoms with Gasteiger partial charge in [-0.2, -0.15) is 0 Å². The summed E-state index contributed by atoms with van der Waals surface area (Å²) in [6, 6.07) is 10.8. The molecule has 1 N–H and O–H groups in total. The number of nitrogens with zero attached hydrogens (tertiary/aromatic N) is 2. The number of aromatic nitrogens is 2. The molecule has 8 heteroatoms. The van der Waals surface area contributed by atoms with Crippen LogP contribution in [0.3, 0.4) is 0 Å². The fraction of sp³-hybridized carbons (Fsp3) is 0.273. The van der Waals surface area contributed by atoms with Gasteiger partial charge >= 0.3 is 0 Å². The monoisotopic (exact) mass is 427 g/mol. The zero-order valence-corrected chi connectivity index (χ0v) is 18.4. The first-order valence-corrected chi connectivity index (χ1v) is 10.5. The number of rotatable bonds is 8. The van der Waals surface area contributed by atoms with Crippen LogP contribution in [0.25, 0.3) is 5.69 Å². The summed E-state index contributed by atoms with van der Waals surface area (Å²) in [4.78, 5) is 17.2. The van der Waals surface area contributed by atoms with E-state index in [-0.39, 0.29) is 11.9 Å². The highest BCUT2D eigenvalue weighted by atomic mass is 32.2. The Morgan fingerprint density at radius 1 is 1.10 bits per heavy atom. The Labute approximate surface area is 180 Å². The van der Waals surface area contributed by atoms with Crippen LogP contribution in [0.2, 0.25) is 0 Å². The summed E-state index contributed by atoms with van der Waals surface area (Å²) in [6.07, 6.45) is 5.58. The molecule has 30 heavy (non-hydrogen) atoms. The number of hydrogen-bond donors (Lipinski definition) is 1. The minimum atomic E-state index is -0.273.